The summed E-state index contributed by atoms with van der Waals surface area (Å²) >= 11 is 0. The maximum absolute atomic E-state index is 8.95. The second-order valence-corrected chi connectivity index (χ2v) is 3.67. The number of nitrogens with one attached hydrogen (secondary N) is 1. The summed E-state index contributed by atoms with van der Waals surface area (Å²) in [5, 5.41) is 12.3. The van der Waals surface area contributed by atoms with Crippen molar-refractivity contribution in [1.29, 1.82) is 0 Å². The highest BCUT2D eigenvalue weighted by atomic mass is 16.3. The van der Waals surface area contributed by atoms with Gasteiger partial charge in [0.15, 0.2) is 0 Å². The van der Waals surface area contributed by atoms with E-state index in [1.54, 1.807) is 6.20 Å². The summed E-state index contributed by atoms with van der Waals surface area (Å²) in [5.74, 6) is 0. The molecule has 0 aliphatic carbocycles. The molecular weight excluding hydrogens is 176 g/mol. The van der Waals surface area contributed by atoms with E-state index in [2.05, 4.69) is 24.1 Å². The van der Waals surface area contributed by atoms with Gasteiger partial charge in [-0.15, -0.1) is 0 Å². The van der Waals surface area contributed by atoms with Gasteiger partial charge in [-0.05, 0) is 18.1 Å². The Hall–Kier alpha value is -0.930. The van der Waals surface area contributed by atoms with Crippen molar-refractivity contribution >= 4 is 0 Å². The smallest absolute Gasteiger partial charge is 0.0449 e. The van der Waals surface area contributed by atoms with Gasteiger partial charge in [-0.3, -0.25) is 4.98 Å². The highest BCUT2D eigenvalue weighted by molar-refractivity contribution is 5.13. The first-order valence-corrected chi connectivity index (χ1v) is 5.01. The van der Waals surface area contributed by atoms with Gasteiger partial charge in [-0.1, -0.05) is 19.9 Å². The van der Waals surface area contributed by atoms with Crippen LogP contribution in [0.4, 0.5) is 0 Å². The van der Waals surface area contributed by atoms with E-state index in [4.69, 9.17) is 5.11 Å². The molecule has 1 rings (SSSR count). The summed E-state index contributed by atoms with van der Waals surface area (Å²) in [7, 11) is 0. The molecule has 1 unspecified atom stereocenters. The Morgan fingerprint density at radius 3 is 2.79 bits per heavy atom. The van der Waals surface area contributed by atoms with Crippen molar-refractivity contribution in [1.82, 2.24) is 10.3 Å². The van der Waals surface area contributed by atoms with Gasteiger partial charge in [-0.2, -0.15) is 0 Å². The zero-order chi connectivity index (χ0) is 10.4. The Balaban J connectivity index is 2.67. The van der Waals surface area contributed by atoms with Crippen molar-refractivity contribution in [3.05, 3.63) is 30.1 Å². The Morgan fingerprint density at radius 1 is 1.50 bits per heavy atom. The van der Waals surface area contributed by atoms with Crippen LogP contribution in [0.1, 0.15) is 31.9 Å². The van der Waals surface area contributed by atoms with Gasteiger partial charge in [-0.25, -0.2) is 0 Å². The second kappa shape index (κ2) is 5.73. The van der Waals surface area contributed by atoms with Crippen LogP contribution < -0.4 is 5.32 Å². The lowest BCUT2D eigenvalue weighted by atomic mass is 10.1. The number of pyridine rings is 1. The topological polar surface area (TPSA) is 45.1 Å². The highest BCUT2D eigenvalue weighted by Crippen LogP contribution is 2.15. The fourth-order valence-corrected chi connectivity index (χ4v) is 1.46. The molecule has 0 aromatic carbocycles. The normalized spacial score (nSPS) is 13.1. The maximum atomic E-state index is 8.95. The minimum atomic E-state index is 0.194. The first-order valence-electron chi connectivity index (χ1n) is 5.01. The van der Waals surface area contributed by atoms with E-state index in [9.17, 15) is 0 Å². The highest BCUT2D eigenvalue weighted by Gasteiger charge is 2.11. The van der Waals surface area contributed by atoms with Crippen molar-refractivity contribution in [2.75, 3.05) is 6.61 Å². The lowest BCUT2D eigenvalue weighted by molar-refractivity contribution is 0.261. The van der Waals surface area contributed by atoms with E-state index < -0.39 is 0 Å². The second-order valence-electron chi connectivity index (χ2n) is 3.67. The number of nitrogens with zero attached hydrogens (tertiary/aromatic N) is 1. The standard InChI is InChI=1S/C11H18N2O/c1-9(2)13-11(5-7-14)10-4-3-6-12-8-10/h3-4,6,8-9,11,13-14H,5,7H2,1-2H3. The summed E-state index contributed by atoms with van der Waals surface area (Å²) in [6.45, 7) is 4.39. The van der Waals surface area contributed by atoms with Crippen LogP contribution in [0.3, 0.4) is 0 Å². The fraction of sp³-hybridized carbons (Fsp3) is 0.545. The molecular formula is C11H18N2O. The lowest BCUT2D eigenvalue weighted by Crippen LogP contribution is -2.28. The van der Waals surface area contributed by atoms with Gasteiger partial charge in [0.1, 0.15) is 0 Å². The van der Waals surface area contributed by atoms with Crippen molar-refractivity contribution < 1.29 is 5.11 Å². The molecule has 0 spiro atoms. The first-order chi connectivity index (χ1) is 6.74. The summed E-state index contributed by atoms with van der Waals surface area (Å²) < 4.78 is 0. The summed E-state index contributed by atoms with van der Waals surface area (Å²) in [4.78, 5) is 4.07. The number of aromatic nitrogens is 1. The molecule has 1 atom stereocenters. The zero-order valence-corrected chi connectivity index (χ0v) is 8.77. The van der Waals surface area contributed by atoms with E-state index in [-0.39, 0.29) is 12.6 Å². The molecule has 0 amide bonds. The van der Waals surface area contributed by atoms with Gasteiger partial charge in [0.2, 0.25) is 0 Å². The number of hydrogen-bond donors (Lipinski definition) is 2. The molecule has 0 aliphatic heterocycles. The number of aliphatic hydroxyl groups is 1. The molecule has 1 aromatic rings. The summed E-state index contributed by atoms with van der Waals surface area (Å²) in [6.07, 6.45) is 4.33. The monoisotopic (exact) mass is 194 g/mol. The quantitative estimate of drug-likeness (QED) is 0.746. The van der Waals surface area contributed by atoms with Gasteiger partial charge < -0.3 is 10.4 Å². The SMILES string of the molecule is CC(C)NC(CCO)c1cccnc1. The predicted molar refractivity (Wildman–Crippen MR) is 57.0 cm³/mol. The average Bonchev–Trinajstić information content (AvgIpc) is 2.18. The minimum Gasteiger partial charge on any atom is -0.396 e. The van der Waals surface area contributed by atoms with Gasteiger partial charge in [0.25, 0.3) is 0 Å². The van der Waals surface area contributed by atoms with Crippen LogP contribution in [0.15, 0.2) is 24.5 Å². The van der Waals surface area contributed by atoms with Crippen molar-refractivity contribution in [2.24, 2.45) is 0 Å². The van der Waals surface area contributed by atoms with E-state index in [0.717, 1.165) is 12.0 Å². The Kier molecular flexibility index (Phi) is 4.56. The average molecular weight is 194 g/mol. The maximum Gasteiger partial charge on any atom is 0.0449 e. The molecule has 0 bridgehead atoms. The van der Waals surface area contributed by atoms with Crippen LogP contribution in [0.2, 0.25) is 0 Å². The fourth-order valence-electron chi connectivity index (χ4n) is 1.46. The van der Waals surface area contributed by atoms with Gasteiger partial charge in [0, 0.05) is 31.1 Å². The molecule has 0 aliphatic rings. The Bertz CT molecular complexity index is 249. The molecule has 3 heteroatoms. The largest absolute Gasteiger partial charge is 0.396 e. The van der Waals surface area contributed by atoms with Crippen molar-refractivity contribution in [2.45, 2.75) is 32.4 Å². The van der Waals surface area contributed by atoms with Crippen molar-refractivity contribution in [3.8, 4) is 0 Å². The molecule has 14 heavy (non-hydrogen) atoms. The molecule has 1 heterocycles. The van der Waals surface area contributed by atoms with Crippen LogP contribution in [0.5, 0.6) is 0 Å². The molecule has 0 saturated carbocycles. The number of aliphatic hydroxyl groups excluding tert-OH is 1. The van der Waals surface area contributed by atoms with Crippen LogP contribution in [0.25, 0.3) is 0 Å². The van der Waals surface area contributed by atoms with Crippen molar-refractivity contribution in [3.63, 3.8) is 0 Å². The molecule has 1 aromatic heterocycles. The van der Waals surface area contributed by atoms with E-state index >= 15 is 0 Å². The van der Waals surface area contributed by atoms with Crippen LogP contribution >= 0.6 is 0 Å². The van der Waals surface area contributed by atoms with E-state index in [0.29, 0.717) is 6.04 Å². The molecule has 78 valence electrons. The molecule has 2 N–H and O–H groups in total. The first kappa shape index (κ1) is 11.1. The number of hydrogen-bond acceptors (Lipinski definition) is 3. The molecule has 0 saturated heterocycles. The molecule has 3 nitrogen and oxygen atoms in total. The zero-order valence-electron chi connectivity index (χ0n) is 8.77. The summed E-state index contributed by atoms with van der Waals surface area (Å²) in [5.41, 5.74) is 1.13. The minimum absolute atomic E-state index is 0.194. The predicted octanol–water partition coefficient (Wildman–Crippen LogP) is 1.50. The third-order valence-electron chi connectivity index (χ3n) is 2.04. The van der Waals surface area contributed by atoms with Gasteiger partial charge >= 0.3 is 0 Å². The van der Waals surface area contributed by atoms with Gasteiger partial charge in [0.05, 0.1) is 0 Å². The van der Waals surface area contributed by atoms with Crippen LogP contribution in [-0.4, -0.2) is 22.7 Å². The lowest BCUT2D eigenvalue weighted by Gasteiger charge is -2.20. The molecule has 0 fully saturated rings. The van der Waals surface area contributed by atoms with Crippen LogP contribution in [-0.2, 0) is 0 Å². The van der Waals surface area contributed by atoms with E-state index in [1.165, 1.54) is 0 Å². The third kappa shape index (κ3) is 3.44. The third-order valence-corrected chi connectivity index (χ3v) is 2.04. The van der Waals surface area contributed by atoms with Crippen LogP contribution in [0, 0.1) is 0 Å². The Labute approximate surface area is 85.2 Å². The summed E-state index contributed by atoms with van der Waals surface area (Å²) in [6, 6.07) is 4.56. The Morgan fingerprint density at radius 2 is 2.29 bits per heavy atom. The number of rotatable bonds is 5. The van der Waals surface area contributed by atoms with E-state index in [1.807, 2.05) is 18.3 Å². The molecule has 0 radical (unpaired) electrons.